The lowest BCUT2D eigenvalue weighted by Gasteiger charge is -2.20. The van der Waals surface area contributed by atoms with Crippen LogP contribution in [0.4, 0.5) is 0 Å². The summed E-state index contributed by atoms with van der Waals surface area (Å²) in [5.74, 6) is 0. The fourth-order valence-corrected chi connectivity index (χ4v) is 2.57. The molecule has 5 nitrogen and oxygen atoms in total. The molecule has 0 aliphatic heterocycles. The minimum Gasteiger partial charge on any atom is -0.310 e. The SMILES string of the molecule is CCNC(Cc1cnn(CC)c1)c1cc(C)nnc1CC. The number of hydrogen-bond acceptors (Lipinski definition) is 4. The van der Waals surface area contributed by atoms with Crippen LogP contribution in [-0.2, 0) is 19.4 Å². The first-order valence-corrected chi connectivity index (χ1v) is 7.75. The molecular formula is C16H25N5. The maximum absolute atomic E-state index is 4.36. The third-order valence-electron chi connectivity index (χ3n) is 3.64. The smallest absolute Gasteiger partial charge is 0.0676 e. The molecule has 0 spiro atoms. The van der Waals surface area contributed by atoms with Gasteiger partial charge in [-0.3, -0.25) is 4.68 Å². The number of aryl methyl sites for hydroxylation is 3. The minimum atomic E-state index is 0.258. The van der Waals surface area contributed by atoms with Gasteiger partial charge in [0.2, 0.25) is 0 Å². The first-order valence-electron chi connectivity index (χ1n) is 7.75. The number of nitrogens with one attached hydrogen (secondary N) is 1. The second-order valence-corrected chi connectivity index (χ2v) is 5.26. The fraction of sp³-hybridized carbons (Fsp3) is 0.562. The predicted molar refractivity (Wildman–Crippen MR) is 84.2 cm³/mol. The molecule has 5 heteroatoms. The van der Waals surface area contributed by atoms with Crippen LogP contribution in [0.1, 0.15) is 49.3 Å². The van der Waals surface area contributed by atoms with Crippen LogP contribution in [0, 0.1) is 6.92 Å². The summed E-state index contributed by atoms with van der Waals surface area (Å²) in [5, 5.41) is 16.5. The quantitative estimate of drug-likeness (QED) is 0.850. The van der Waals surface area contributed by atoms with E-state index in [1.807, 2.05) is 17.8 Å². The third-order valence-corrected chi connectivity index (χ3v) is 3.64. The van der Waals surface area contributed by atoms with Crippen molar-refractivity contribution in [3.63, 3.8) is 0 Å². The molecule has 114 valence electrons. The molecule has 21 heavy (non-hydrogen) atoms. The largest absolute Gasteiger partial charge is 0.310 e. The number of nitrogens with zero attached hydrogens (tertiary/aromatic N) is 4. The van der Waals surface area contributed by atoms with Gasteiger partial charge < -0.3 is 5.32 Å². The first kappa shape index (κ1) is 15.6. The molecule has 1 N–H and O–H groups in total. The number of likely N-dealkylation sites (N-methyl/N-ethyl adjacent to an activating group) is 1. The van der Waals surface area contributed by atoms with E-state index in [2.05, 4.69) is 53.6 Å². The molecule has 0 bridgehead atoms. The Balaban J connectivity index is 2.27. The van der Waals surface area contributed by atoms with Gasteiger partial charge in [-0.15, -0.1) is 0 Å². The van der Waals surface area contributed by atoms with Crippen LogP contribution in [0.3, 0.4) is 0 Å². The molecule has 0 amide bonds. The van der Waals surface area contributed by atoms with Crippen LogP contribution in [0.2, 0.25) is 0 Å². The summed E-state index contributed by atoms with van der Waals surface area (Å²) >= 11 is 0. The summed E-state index contributed by atoms with van der Waals surface area (Å²) in [4.78, 5) is 0. The topological polar surface area (TPSA) is 55.6 Å². The predicted octanol–water partition coefficient (Wildman–Crippen LogP) is 2.46. The second kappa shape index (κ2) is 7.31. The molecule has 2 aromatic heterocycles. The molecule has 2 rings (SSSR count). The van der Waals surface area contributed by atoms with E-state index in [0.717, 1.165) is 37.3 Å². The Morgan fingerprint density at radius 3 is 2.67 bits per heavy atom. The average molecular weight is 287 g/mol. The van der Waals surface area contributed by atoms with Gasteiger partial charge in [-0.2, -0.15) is 15.3 Å². The van der Waals surface area contributed by atoms with Gasteiger partial charge in [0.05, 0.1) is 17.6 Å². The van der Waals surface area contributed by atoms with Gasteiger partial charge in [-0.25, -0.2) is 0 Å². The van der Waals surface area contributed by atoms with Crippen LogP contribution in [0.25, 0.3) is 0 Å². The normalized spacial score (nSPS) is 12.6. The summed E-state index contributed by atoms with van der Waals surface area (Å²) in [6, 6.07) is 2.41. The average Bonchev–Trinajstić information content (AvgIpc) is 2.94. The van der Waals surface area contributed by atoms with Crippen molar-refractivity contribution in [3.05, 3.63) is 41.0 Å². The minimum absolute atomic E-state index is 0.258. The Morgan fingerprint density at radius 1 is 1.24 bits per heavy atom. The lowest BCUT2D eigenvalue weighted by Crippen LogP contribution is -2.24. The molecule has 0 radical (unpaired) electrons. The van der Waals surface area contributed by atoms with Gasteiger partial charge in [0.15, 0.2) is 0 Å². The highest BCUT2D eigenvalue weighted by molar-refractivity contribution is 5.26. The molecule has 2 heterocycles. The summed E-state index contributed by atoms with van der Waals surface area (Å²) in [7, 11) is 0. The molecule has 0 aliphatic rings. The molecule has 0 saturated heterocycles. The van der Waals surface area contributed by atoms with Gasteiger partial charge in [0.1, 0.15) is 0 Å². The molecule has 0 aliphatic carbocycles. The number of rotatable bonds is 7. The third kappa shape index (κ3) is 3.88. The standard InChI is InChI=1S/C16H25N5/c1-5-15-14(8-12(4)19-20-15)16(17-6-2)9-13-10-18-21(7-3)11-13/h8,10-11,16-17H,5-7,9H2,1-4H3. The Hall–Kier alpha value is -1.75. The van der Waals surface area contributed by atoms with Crippen molar-refractivity contribution < 1.29 is 0 Å². The molecular weight excluding hydrogens is 262 g/mol. The lowest BCUT2D eigenvalue weighted by atomic mass is 9.98. The van der Waals surface area contributed by atoms with Crippen molar-refractivity contribution in [1.82, 2.24) is 25.3 Å². The van der Waals surface area contributed by atoms with Gasteiger partial charge in [0, 0.05) is 18.8 Å². The zero-order valence-electron chi connectivity index (χ0n) is 13.4. The maximum Gasteiger partial charge on any atom is 0.0676 e. The summed E-state index contributed by atoms with van der Waals surface area (Å²) in [6.45, 7) is 10.2. The monoisotopic (exact) mass is 287 g/mol. The highest BCUT2D eigenvalue weighted by atomic mass is 15.3. The van der Waals surface area contributed by atoms with Crippen LogP contribution < -0.4 is 5.32 Å². The lowest BCUT2D eigenvalue weighted by molar-refractivity contribution is 0.539. The molecule has 1 atom stereocenters. The van der Waals surface area contributed by atoms with Crippen molar-refractivity contribution in [2.24, 2.45) is 0 Å². The zero-order chi connectivity index (χ0) is 15.2. The Bertz CT molecular complexity index is 576. The van der Waals surface area contributed by atoms with E-state index in [0.29, 0.717) is 0 Å². The van der Waals surface area contributed by atoms with E-state index in [-0.39, 0.29) is 6.04 Å². The van der Waals surface area contributed by atoms with Crippen LogP contribution in [0.5, 0.6) is 0 Å². The van der Waals surface area contributed by atoms with Crippen molar-refractivity contribution in [2.45, 2.75) is 53.1 Å². The van der Waals surface area contributed by atoms with E-state index in [4.69, 9.17) is 0 Å². The van der Waals surface area contributed by atoms with Crippen LogP contribution in [-0.4, -0.2) is 26.5 Å². The number of hydrogen-bond donors (Lipinski definition) is 1. The van der Waals surface area contributed by atoms with E-state index >= 15 is 0 Å². The maximum atomic E-state index is 4.36. The van der Waals surface area contributed by atoms with Crippen molar-refractivity contribution in [2.75, 3.05) is 6.54 Å². The van der Waals surface area contributed by atoms with Crippen molar-refractivity contribution in [3.8, 4) is 0 Å². The van der Waals surface area contributed by atoms with E-state index in [1.165, 1.54) is 11.1 Å². The summed E-state index contributed by atoms with van der Waals surface area (Å²) in [6.07, 6.45) is 5.91. The van der Waals surface area contributed by atoms with E-state index in [9.17, 15) is 0 Å². The molecule has 2 aromatic rings. The second-order valence-electron chi connectivity index (χ2n) is 5.26. The van der Waals surface area contributed by atoms with Crippen molar-refractivity contribution in [1.29, 1.82) is 0 Å². The highest BCUT2D eigenvalue weighted by Gasteiger charge is 2.17. The molecule has 0 fully saturated rings. The zero-order valence-corrected chi connectivity index (χ0v) is 13.4. The summed E-state index contributed by atoms with van der Waals surface area (Å²) < 4.78 is 1.97. The van der Waals surface area contributed by atoms with Gasteiger partial charge in [-0.1, -0.05) is 13.8 Å². The van der Waals surface area contributed by atoms with Gasteiger partial charge >= 0.3 is 0 Å². The fourth-order valence-electron chi connectivity index (χ4n) is 2.57. The van der Waals surface area contributed by atoms with Crippen LogP contribution in [0.15, 0.2) is 18.5 Å². The van der Waals surface area contributed by atoms with E-state index < -0.39 is 0 Å². The molecule has 0 saturated carbocycles. The Morgan fingerprint density at radius 2 is 2.05 bits per heavy atom. The Kier molecular flexibility index (Phi) is 5.44. The van der Waals surface area contributed by atoms with E-state index in [1.54, 1.807) is 0 Å². The summed E-state index contributed by atoms with van der Waals surface area (Å²) in [5.41, 5.74) is 4.55. The van der Waals surface area contributed by atoms with Crippen LogP contribution >= 0.6 is 0 Å². The van der Waals surface area contributed by atoms with Crippen molar-refractivity contribution >= 4 is 0 Å². The molecule has 0 aromatic carbocycles. The molecule has 1 unspecified atom stereocenters. The highest BCUT2D eigenvalue weighted by Crippen LogP contribution is 2.21. The first-order chi connectivity index (χ1) is 10.2. The Labute approximate surface area is 126 Å². The van der Waals surface area contributed by atoms with Gasteiger partial charge in [-0.05, 0) is 50.4 Å². The van der Waals surface area contributed by atoms with Gasteiger partial charge in [0.25, 0.3) is 0 Å². The number of aromatic nitrogens is 4.